The number of rotatable bonds is 6. The minimum atomic E-state index is -1.35. The van der Waals surface area contributed by atoms with Gasteiger partial charge in [0.25, 0.3) is 11.8 Å². The minimum absolute atomic E-state index is 0.0391. The predicted octanol–water partition coefficient (Wildman–Crippen LogP) is -1.53. The van der Waals surface area contributed by atoms with Crippen LogP contribution >= 0.6 is 11.8 Å². The van der Waals surface area contributed by atoms with E-state index < -0.39 is 40.9 Å². The Morgan fingerprint density at radius 1 is 1.52 bits per heavy atom. The molecule has 1 fully saturated rings. The molecule has 0 bridgehead atoms. The first-order valence-electron chi connectivity index (χ1n) is 8.12. The van der Waals surface area contributed by atoms with Gasteiger partial charge in [-0.25, -0.2) is 4.79 Å². The molecule has 6 N–H and O–H groups in total. The highest BCUT2D eigenvalue weighted by Crippen LogP contribution is 2.40. The molecule has 0 radical (unpaired) electrons. The zero-order valence-electron chi connectivity index (χ0n) is 14.9. The summed E-state index contributed by atoms with van der Waals surface area (Å²) >= 11 is 1.20. The summed E-state index contributed by atoms with van der Waals surface area (Å²) in [5, 5.41) is 29.3. The van der Waals surface area contributed by atoms with Crippen molar-refractivity contribution in [3.63, 3.8) is 0 Å². The van der Waals surface area contributed by atoms with E-state index >= 15 is 0 Å². The highest BCUT2D eigenvalue weighted by atomic mass is 32.2. The van der Waals surface area contributed by atoms with Gasteiger partial charge in [0.2, 0.25) is 0 Å². The van der Waals surface area contributed by atoms with Gasteiger partial charge in [-0.1, -0.05) is 5.16 Å². The summed E-state index contributed by atoms with van der Waals surface area (Å²) in [6.07, 6.45) is 0. The molecular weight excluding hydrogens is 408 g/mol. The van der Waals surface area contributed by atoms with E-state index in [1.165, 1.54) is 24.8 Å². The number of carboxylic acid groups (broad SMARTS) is 1. The number of ether oxygens (including phenoxy) is 1. The summed E-state index contributed by atoms with van der Waals surface area (Å²) in [5.74, 6) is -3.20. The minimum Gasteiger partial charge on any atom is -0.477 e. The molecule has 2 unspecified atom stereocenters. The van der Waals surface area contributed by atoms with Crippen molar-refractivity contribution in [2.45, 2.75) is 18.3 Å². The third-order valence-electron chi connectivity index (χ3n) is 4.15. The highest BCUT2D eigenvalue weighted by molar-refractivity contribution is 8.00. The molecule has 0 saturated carbocycles. The number of hydrogen-bond donors (Lipinski definition) is 5. The number of esters is 1. The number of oxime groups is 1. The summed E-state index contributed by atoms with van der Waals surface area (Å²) < 4.78 is 4.85. The van der Waals surface area contributed by atoms with Crippen LogP contribution in [0.4, 0.5) is 5.82 Å². The Morgan fingerprint density at radius 3 is 2.79 bits per heavy atom. The molecule has 1 aromatic heterocycles. The molecule has 0 aliphatic carbocycles. The van der Waals surface area contributed by atoms with Crippen molar-refractivity contribution in [3.8, 4) is 0 Å². The van der Waals surface area contributed by atoms with Gasteiger partial charge in [-0.05, 0) is 0 Å². The maximum Gasteiger partial charge on any atom is 0.352 e. The Morgan fingerprint density at radius 2 is 2.24 bits per heavy atom. The van der Waals surface area contributed by atoms with Crippen molar-refractivity contribution >= 4 is 47.0 Å². The maximum absolute atomic E-state index is 12.5. The lowest BCUT2D eigenvalue weighted by Gasteiger charge is -2.49. The van der Waals surface area contributed by atoms with Crippen LogP contribution in [0.1, 0.15) is 12.6 Å². The lowest BCUT2D eigenvalue weighted by molar-refractivity contribution is -0.150. The van der Waals surface area contributed by atoms with Crippen molar-refractivity contribution in [1.29, 1.82) is 0 Å². The number of aliphatic carboxylic acids is 1. The van der Waals surface area contributed by atoms with Gasteiger partial charge in [0, 0.05) is 24.3 Å². The van der Waals surface area contributed by atoms with Crippen molar-refractivity contribution in [3.05, 3.63) is 23.0 Å². The van der Waals surface area contributed by atoms with E-state index in [-0.39, 0.29) is 35.1 Å². The van der Waals surface area contributed by atoms with Crippen molar-refractivity contribution in [2.75, 3.05) is 18.1 Å². The third-order valence-corrected chi connectivity index (χ3v) is 5.49. The molecule has 2 aliphatic rings. The standard InChI is InChI=1S/C15H16N6O7S/c1-5(22)28-3-6-4-29-14-10(13(24)21(14)11(6)15(25)26)17-12(23)9(20-27)7-2-8(16)19-18-7/h2,10,14,27H,3-4H2,1H3,(H,17,23)(H,25,26)(H3,16,18,19)/b20-9+. The monoisotopic (exact) mass is 424 g/mol. The molecule has 2 aliphatic heterocycles. The molecular formula is C15H16N6O7S. The Balaban J connectivity index is 1.76. The first kappa shape index (κ1) is 20.2. The van der Waals surface area contributed by atoms with Gasteiger partial charge >= 0.3 is 11.9 Å². The van der Waals surface area contributed by atoms with Gasteiger partial charge in [-0.3, -0.25) is 24.4 Å². The lowest BCUT2D eigenvalue weighted by atomic mass is 10.0. The average molecular weight is 424 g/mol. The van der Waals surface area contributed by atoms with Gasteiger partial charge in [0.05, 0.1) is 5.69 Å². The molecule has 2 amide bonds. The first-order valence-corrected chi connectivity index (χ1v) is 9.17. The van der Waals surface area contributed by atoms with Crippen LogP contribution < -0.4 is 11.1 Å². The van der Waals surface area contributed by atoms with Crippen LogP contribution in [0, 0.1) is 0 Å². The Kier molecular flexibility index (Phi) is 5.45. The largest absolute Gasteiger partial charge is 0.477 e. The van der Waals surface area contributed by atoms with E-state index in [2.05, 4.69) is 20.7 Å². The fourth-order valence-electron chi connectivity index (χ4n) is 2.87. The summed E-state index contributed by atoms with van der Waals surface area (Å²) in [6, 6.07) is 0.236. The normalized spacial score (nSPS) is 21.3. The molecule has 0 spiro atoms. The number of H-pyrrole nitrogens is 1. The van der Waals surface area contributed by atoms with E-state index in [9.17, 15) is 24.3 Å². The molecule has 1 aromatic rings. The summed E-state index contributed by atoms with van der Waals surface area (Å²) in [6.45, 7) is 0.938. The first-order chi connectivity index (χ1) is 13.7. The fraction of sp³-hybridized carbons (Fsp3) is 0.333. The average Bonchev–Trinajstić information content (AvgIpc) is 3.09. The van der Waals surface area contributed by atoms with Crippen LogP contribution in [-0.4, -0.2) is 78.7 Å². The summed E-state index contributed by atoms with van der Waals surface area (Å²) in [5.41, 5.74) is 5.05. The second-order valence-corrected chi connectivity index (χ2v) is 7.16. The zero-order valence-corrected chi connectivity index (χ0v) is 15.7. The topological polar surface area (TPSA) is 200 Å². The van der Waals surface area contributed by atoms with Crippen LogP contribution in [0.2, 0.25) is 0 Å². The molecule has 3 heterocycles. The zero-order chi connectivity index (χ0) is 21.3. The van der Waals surface area contributed by atoms with Gasteiger partial charge in [-0.15, -0.1) is 11.8 Å². The number of carboxylic acids is 1. The number of aromatic amines is 1. The number of nitrogen functional groups attached to an aromatic ring is 1. The smallest absolute Gasteiger partial charge is 0.352 e. The van der Waals surface area contributed by atoms with E-state index in [1.807, 2.05) is 0 Å². The molecule has 2 atom stereocenters. The SMILES string of the molecule is CC(=O)OCC1=C(C(=O)O)N2C(=O)C(NC(=O)/C(=N/O)c3cc(N)n[nH]3)C2SC1. The number of anilines is 1. The molecule has 154 valence electrons. The van der Waals surface area contributed by atoms with Crippen molar-refractivity contribution < 1.29 is 34.2 Å². The molecule has 1 saturated heterocycles. The molecule has 29 heavy (non-hydrogen) atoms. The number of nitrogens with two attached hydrogens (primary N) is 1. The molecule has 13 nitrogen and oxygen atoms in total. The van der Waals surface area contributed by atoms with Crippen LogP contribution in [0.25, 0.3) is 0 Å². The van der Waals surface area contributed by atoms with Crippen LogP contribution in [0.3, 0.4) is 0 Å². The predicted molar refractivity (Wildman–Crippen MR) is 97.6 cm³/mol. The Hall–Kier alpha value is -3.55. The third kappa shape index (κ3) is 3.73. The number of carbonyl (C=O) groups excluding carboxylic acids is 3. The second kappa shape index (κ2) is 7.83. The Bertz CT molecular complexity index is 955. The van der Waals surface area contributed by atoms with E-state index in [4.69, 9.17) is 15.7 Å². The van der Waals surface area contributed by atoms with Gasteiger partial charge in [0.15, 0.2) is 5.71 Å². The number of aromatic nitrogens is 2. The number of fused-ring (bicyclic) bond motifs is 1. The van der Waals surface area contributed by atoms with Gasteiger partial charge in [-0.2, -0.15) is 5.10 Å². The van der Waals surface area contributed by atoms with E-state index in [0.717, 1.165) is 4.90 Å². The molecule has 3 rings (SSSR count). The number of β-lactam (4-membered cyclic amide) rings is 1. The quantitative estimate of drug-likeness (QED) is 0.117. The number of nitrogens with one attached hydrogen (secondary N) is 2. The van der Waals surface area contributed by atoms with E-state index in [0.29, 0.717) is 0 Å². The second-order valence-electron chi connectivity index (χ2n) is 6.05. The number of thioether (sulfide) groups is 1. The van der Waals surface area contributed by atoms with Gasteiger partial charge < -0.3 is 26.1 Å². The van der Waals surface area contributed by atoms with Gasteiger partial charge in [0.1, 0.15) is 29.5 Å². The Labute approximate surface area is 166 Å². The van der Waals surface area contributed by atoms with E-state index in [1.54, 1.807) is 0 Å². The van der Waals surface area contributed by atoms with Crippen LogP contribution in [-0.2, 0) is 23.9 Å². The number of amides is 2. The lowest BCUT2D eigenvalue weighted by Crippen LogP contribution is -2.71. The molecule has 14 heteroatoms. The van der Waals surface area contributed by atoms with Crippen molar-refractivity contribution in [1.82, 2.24) is 20.4 Å². The van der Waals surface area contributed by atoms with Crippen molar-refractivity contribution in [2.24, 2.45) is 5.16 Å². The summed E-state index contributed by atoms with van der Waals surface area (Å²) in [7, 11) is 0. The fourth-order valence-corrected chi connectivity index (χ4v) is 4.20. The number of hydrogen-bond acceptors (Lipinski definition) is 10. The maximum atomic E-state index is 12.5. The summed E-state index contributed by atoms with van der Waals surface area (Å²) in [4.78, 5) is 48.6. The molecule has 0 aromatic carbocycles. The highest BCUT2D eigenvalue weighted by Gasteiger charge is 2.54. The number of carbonyl (C=O) groups is 4. The number of nitrogens with zero attached hydrogens (tertiary/aromatic N) is 3. The van der Waals surface area contributed by atoms with Crippen LogP contribution in [0.15, 0.2) is 22.5 Å². The van der Waals surface area contributed by atoms with Crippen LogP contribution in [0.5, 0.6) is 0 Å².